The largest absolute Gasteiger partial charge is 0.319 e. The number of benzene rings is 1. The van der Waals surface area contributed by atoms with E-state index in [0.717, 1.165) is 18.6 Å². The van der Waals surface area contributed by atoms with Gasteiger partial charge in [-0.15, -0.1) is 5.10 Å². The Morgan fingerprint density at radius 2 is 2.16 bits per heavy atom. The third-order valence-corrected chi connectivity index (χ3v) is 2.40. The van der Waals surface area contributed by atoms with Crippen LogP contribution in [0.5, 0.6) is 0 Å². The van der Waals surface area contributed by atoms with Crippen molar-refractivity contribution in [2.75, 3.05) is 5.32 Å². The topological polar surface area (TPSA) is 70.7 Å². The summed E-state index contributed by atoms with van der Waals surface area (Å²) in [4.78, 5) is 15.7. The molecule has 0 radical (unpaired) electrons. The lowest BCUT2D eigenvalue weighted by atomic mass is 10.3. The number of hydrogen-bond donors (Lipinski definition) is 2. The minimum absolute atomic E-state index is 0.0341. The van der Waals surface area contributed by atoms with Crippen LogP contribution in [0.4, 0.5) is 14.5 Å². The molecule has 1 aromatic carbocycles. The average molecular weight is 266 g/mol. The number of amides is 1. The number of H-pyrrole nitrogens is 1. The van der Waals surface area contributed by atoms with Gasteiger partial charge < -0.3 is 5.32 Å². The molecular formula is C12H12F2N4O. The summed E-state index contributed by atoms with van der Waals surface area (Å²) in [6.45, 7) is 1.98. The van der Waals surface area contributed by atoms with Gasteiger partial charge in [0.1, 0.15) is 5.82 Å². The lowest BCUT2D eigenvalue weighted by Gasteiger charge is -2.02. The summed E-state index contributed by atoms with van der Waals surface area (Å²) in [6.07, 6.45) is 1.56. The van der Waals surface area contributed by atoms with Gasteiger partial charge in [-0.2, -0.15) is 0 Å². The highest BCUT2D eigenvalue weighted by molar-refractivity contribution is 6.01. The molecule has 100 valence electrons. The fourth-order valence-corrected chi connectivity index (χ4v) is 1.51. The minimum atomic E-state index is -1.03. The number of hydrogen-bond acceptors (Lipinski definition) is 3. The molecule has 1 aromatic heterocycles. The van der Waals surface area contributed by atoms with E-state index >= 15 is 0 Å². The molecule has 0 spiro atoms. The van der Waals surface area contributed by atoms with E-state index in [-0.39, 0.29) is 11.5 Å². The quantitative estimate of drug-likeness (QED) is 0.891. The van der Waals surface area contributed by atoms with Gasteiger partial charge in [0.25, 0.3) is 5.91 Å². The maximum atomic E-state index is 13.0. The van der Waals surface area contributed by atoms with Crippen LogP contribution in [-0.2, 0) is 6.42 Å². The van der Waals surface area contributed by atoms with Crippen molar-refractivity contribution in [3.63, 3.8) is 0 Å². The third kappa shape index (κ3) is 3.12. The summed E-state index contributed by atoms with van der Waals surface area (Å²) in [5.74, 6) is -2.00. The van der Waals surface area contributed by atoms with Gasteiger partial charge >= 0.3 is 0 Å². The second-order valence-corrected chi connectivity index (χ2v) is 3.94. The summed E-state index contributed by atoms with van der Waals surface area (Å²) in [6, 6.07) is 3.09. The molecule has 7 heteroatoms. The molecule has 0 saturated carbocycles. The standard InChI is InChI=1S/C12H12F2N4O/c1-2-3-10-16-11(18-17-10)12(19)15-7-4-5-8(13)9(14)6-7/h4-6H,2-3H2,1H3,(H,15,19)(H,16,17,18). The number of rotatable bonds is 4. The van der Waals surface area contributed by atoms with E-state index in [1.165, 1.54) is 6.07 Å². The molecule has 2 N–H and O–H groups in total. The van der Waals surface area contributed by atoms with Gasteiger partial charge in [0, 0.05) is 18.2 Å². The third-order valence-electron chi connectivity index (χ3n) is 2.40. The van der Waals surface area contributed by atoms with Crippen molar-refractivity contribution in [3.05, 3.63) is 41.5 Å². The maximum absolute atomic E-state index is 13.0. The minimum Gasteiger partial charge on any atom is -0.319 e. The Morgan fingerprint density at radius 1 is 1.37 bits per heavy atom. The zero-order chi connectivity index (χ0) is 13.8. The van der Waals surface area contributed by atoms with Gasteiger partial charge in [0.2, 0.25) is 5.82 Å². The molecule has 19 heavy (non-hydrogen) atoms. The normalized spacial score (nSPS) is 10.5. The van der Waals surface area contributed by atoms with Crippen LogP contribution in [0.3, 0.4) is 0 Å². The molecular weight excluding hydrogens is 254 g/mol. The number of anilines is 1. The summed E-state index contributed by atoms with van der Waals surface area (Å²) in [5, 5.41) is 8.78. The molecule has 1 heterocycles. The predicted octanol–water partition coefficient (Wildman–Crippen LogP) is 2.29. The predicted molar refractivity (Wildman–Crippen MR) is 64.7 cm³/mol. The Labute approximate surface area is 108 Å². The number of aryl methyl sites for hydroxylation is 1. The average Bonchev–Trinajstić information content (AvgIpc) is 2.83. The van der Waals surface area contributed by atoms with Gasteiger partial charge in [-0.3, -0.25) is 9.89 Å². The number of aromatic nitrogens is 3. The molecule has 0 saturated heterocycles. The van der Waals surface area contributed by atoms with E-state index in [4.69, 9.17) is 0 Å². The Balaban J connectivity index is 2.09. The zero-order valence-corrected chi connectivity index (χ0v) is 10.2. The van der Waals surface area contributed by atoms with Crippen LogP contribution in [-0.4, -0.2) is 21.1 Å². The van der Waals surface area contributed by atoms with Gasteiger partial charge in [-0.25, -0.2) is 13.8 Å². The first-order chi connectivity index (χ1) is 9.10. The van der Waals surface area contributed by atoms with E-state index in [2.05, 4.69) is 20.5 Å². The molecule has 0 aliphatic rings. The van der Waals surface area contributed by atoms with E-state index < -0.39 is 17.5 Å². The SMILES string of the molecule is CCCc1nc(C(=O)Nc2ccc(F)c(F)c2)n[nH]1. The van der Waals surface area contributed by atoms with Gasteiger partial charge in [0.05, 0.1) is 0 Å². The van der Waals surface area contributed by atoms with Gasteiger partial charge in [0.15, 0.2) is 11.6 Å². The molecule has 0 aliphatic carbocycles. The first-order valence-electron chi connectivity index (χ1n) is 5.78. The van der Waals surface area contributed by atoms with E-state index in [1.54, 1.807) is 0 Å². The first-order valence-corrected chi connectivity index (χ1v) is 5.78. The Hall–Kier alpha value is -2.31. The van der Waals surface area contributed by atoms with Gasteiger partial charge in [-0.05, 0) is 18.6 Å². The number of nitrogens with one attached hydrogen (secondary N) is 2. The molecule has 5 nitrogen and oxygen atoms in total. The van der Waals surface area contributed by atoms with E-state index in [1.807, 2.05) is 6.92 Å². The van der Waals surface area contributed by atoms with Crippen LogP contribution in [0.15, 0.2) is 18.2 Å². The maximum Gasteiger partial charge on any atom is 0.295 e. The molecule has 0 aliphatic heterocycles. The fraction of sp³-hybridized carbons (Fsp3) is 0.250. The molecule has 0 bridgehead atoms. The van der Waals surface area contributed by atoms with Crippen molar-refractivity contribution >= 4 is 11.6 Å². The highest BCUT2D eigenvalue weighted by atomic mass is 19.2. The highest BCUT2D eigenvalue weighted by Crippen LogP contribution is 2.13. The van der Waals surface area contributed by atoms with E-state index in [9.17, 15) is 13.6 Å². The van der Waals surface area contributed by atoms with Crippen molar-refractivity contribution in [2.24, 2.45) is 0 Å². The number of carbonyl (C=O) groups is 1. The molecule has 1 amide bonds. The van der Waals surface area contributed by atoms with Crippen LogP contribution in [0.1, 0.15) is 29.8 Å². The second kappa shape index (κ2) is 5.55. The summed E-state index contributed by atoms with van der Waals surface area (Å²) < 4.78 is 25.7. The summed E-state index contributed by atoms with van der Waals surface area (Å²) in [7, 11) is 0. The highest BCUT2D eigenvalue weighted by Gasteiger charge is 2.13. The zero-order valence-electron chi connectivity index (χ0n) is 10.2. The van der Waals surface area contributed by atoms with Crippen molar-refractivity contribution < 1.29 is 13.6 Å². The summed E-state index contributed by atoms with van der Waals surface area (Å²) >= 11 is 0. The number of nitrogens with zero attached hydrogens (tertiary/aromatic N) is 2. The first kappa shape index (κ1) is 13.1. The van der Waals surface area contributed by atoms with Crippen molar-refractivity contribution in [3.8, 4) is 0 Å². The number of aromatic amines is 1. The lowest BCUT2D eigenvalue weighted by Crippen LogP contribution is -2.14. The van der Waals surface area contributed by atoms with Crippen molar-refractivity contribution in [1.29, 1.82) is 0 Å². The van der Waals surface area contributed by atoms with Crippen molar-refractivity contribution in [2.45, 2.75) is 19.8 Å². The Kier molecular flexibility index (Phi) is 3.84. The van der Waals surface area contributed by atoms with Crippen LogP contribution in [0.2, 0.25) is 0 Å². The van der Waals surface area contributed by atoms with E-state index in [0.29, 0.717) is 12.2 Å². The van der Waals surface area contributed by atoms with Crippen LogP contribution < -0.4 is 5.32 Å². The smallest absolute Gasteiger partial charge is 0.295 e. The van der Waals surface area contributed by atoms with Gasteiger partial charge in [-0.1, -0.05) is 6.92 Å². The Bertz CT molecular complexity index is 597. The summed E-state index contributed by atoms with van der Waals surface area (Å²) in [5.41, 5.74) is 0.144. The molecule has 0 atom stereocenters. The molecule has 2 aromatic rings. The van der Waals surface area contributed by atoms with Crippen LogP contribution in [0, 0.1) is 11.6 Å². The second-order valence-electron chi connectivity index (χ2n) is 3.94. The van der Waals surface area contributed by atoms with Crippen molar-refractivity contribution in [1.82, 2.24) is 15.2 Å². The van der Waals surface area contributed by atoms with Crippen LogP contribution >= 0.6 is 0 Å². The molecule has 2 rings (SSSR count). The molecule has 0 unspecified atom stereocenters. The fourth-order valence-electron chi connectivity index (χ4n) is 1.51. The number of halogens is 2. The monoisotopic (exact) mass is 266 g/mol. The Morgan fingerprint density at radius 3 is 2.84 bits per heavy atom. The number of carbonyl (C=O) groups excluding carboxylic acids is 1. The molecule has 0 fully saturated rings. The van der Waals surface area contributed by atoms with Crippen LogP contribution in [0.25, 0.3) is 0 Å². The lowest BCUT2D eigenvalue weighted by molar-refractivity contribution is 0.101.